The van der Waals surface area contributed by atoms with Crippen LogP contribution in [0.3, 0.4) is 0 Å². The van der Waals surface area contributed by atoms with E-state index in [1.54, 1.807) is 0 Å². The Hall–Kier alpha value is -1.18. The summed E-state index contributed by atoms with van der Waals surface area (Å²) in [5.74, 6) is 1.83. The van der Waals surface area contributed by atoms with Gasteiger partial charge in [0.25, 0.3) is 0 Å². The summed E-state index contributed by atoms with van der Waals surface area (Å²) in [4.78, 5) is 0. The van der Waals surface area contributed by atoms with Gasteiger partial charge in [0, 0.05) is 5.56 Å². The summed E-state index contributed by atoms with van der Waals surface area (Å²) in [6.45, 7) is 7.98. The molecule has 0 radical (unpaired) electrons. The predicted octanol–water partition coefficient (Wildman–Crippen LogP) is 3.15. The molecule has 0 aromatic heterocycles. The molecule has 82 valence electrons. The standard InChI is InChI=1S/C13H18O2/c1-4-13(2,3)10-6-5-7-11-12(10)15-9-8-14-11/h5-7H,4,8-9H2,1-3H3. The fourth-order valence-electron chi connectivity index (χ4n) is 1.80. The number of fused-ring (bicyclic) bond motifs is 1. The molecule has 0 atom stereocenters. The predicted molar refractivity (Wildman–Crippen MR) is 60.7 cm³/mol. The number of benzene rings is 1. The molecule has 1 aliphatic rings. The van der Waals surface area contributed by atoms with Crippen LogP contribution in [0.25, 0.3) is 0 Å². The van der Waals surface area contributed by atoms with E-state index in [0.29, 0.717) is 13.2 Å². The van der Waals surface area contributed by atoms with E-state index in [9.17, 15) is 0 Å². The maximum absolute atomic E-state index is 5.72. The van der Waals surface area contributed by atoms with Crippen molar-refractivity contribution in [1.29, 1.82) is 0 Å². The van der Waals surface area contributed by atoms with Gasteiger partial charge in [0.2, 0.25) is 0 Å². The van der Waals surface area contributed by atoms with Crippen LogP contribution in [0.1, 0.15) is 32.8 Å². The zero-order valence-corrected chi connectivity index (χ0v) is 9.67. The Bertz CT molecular complexity index is 356. The Morgan fingerprint density at radius 2 is 1.93 bits per heavy atom. The van der Waals surface area contributed by atoms with Crippen LogP contribution in [0.15, 0.2) is 18.2 Å². The van der Waals surface area contributed by atoms with Crippen LogP contribution in [-0.4, -0.2) is 13.2 Å². The molecule has 2 heteroatoms. The first kappa shape index (κ1) is 10.3. The van der Waals surface area contributed by atoms with E-state index >= 15 is 0 Å². The minimum absolute atomic E-state index is 0.145. The summed E-state index contributed by atoms with van der Waals surface area (Å²) in [6.07, 6.45) is 1.09. The van der Waals surface area contributed by atoms with Crippen LogP contribution in [0.4, 0.5) is 0 Å². The first-order valence-electron chi connectivity index (χ1n) is 5.54. The third-order valence-electron chi connectivity index (χ3n) is 3.18. The average Bonchev–Trinajstić information content (AvgIpc) is 2.28. The van der Waals surface area contributed by atoms with Crippen LogP contribution in [0.5, 0.6) is 11.5 Å². The number of rotatable bonds is 2. The lowest BCUT2D eigenvalue weighted by atomic mass is 9.81. The summed E-state index contributed by atoms with van der Waals surface area (Å²) in [5, 5.41) is 0. The minimum atomic E-state index is 0.145. The molecule has 0 fully saturated rings. The maximum Gasteiger partial charge on any atom is 0.165 e. The highest BCUT2D eigenvalue weighted by molar-refractivity contribution is 5.50. The Morgan fingerprint density at radius 3 is 2.67 bits per heavy atom. The number of hydrogen-bond donors (Lipinski definition) is 0. The lowest BCUT2D eigenvalue weighted by Gasteiger charge is -2.29. The van der Waals surface area contributed by atoms with Gasteiger partial charge in [-0.1, -0.05) is 32.9 Å². The van der Waals surface area contributed by atoms with E-state index in [1.807, 2.05) is 12.1 Å². The van der Waals surface area contributed by atoms with E-state index in [2.05, 4.69) is 26.8 Å². The Kier molecular flexibility index (Phi) is 2.59. The van der Waals surface area contributed by atoms with Gasteiger partial charge in [-0.2, -0.15) is 0 Å². The molecule has 15 heavy (non-hydrogen) atoms. The van der Waals surface area contributed by atoms with E-state index in [-0.39, 0.29) is 5.41 Å². The van der Waals surface area contributed by atoms with Crippen LogP contribution in [-0.2, 0) is 5.41 Å². The summed E-state index contributed by atoms with van der Waals surface area (Å²) in [7, 11) is 0. The Morgan fingerprint density at radius 1 is 1.20 bits per heavy atom. The minimum Gasteiger partial charge on any atom is -0.486 e. The lowest BCUT2D eigenvalue weighted by Crippen LogP contribution is -2.22. The maximum atomic E-state index is 5.72. The second-order valence-electron chi connectivity index (χ2n) is 4.57. The van der Waals surface area contributed by atoms with E-state index in [4.69, 9.17) is 9.47 Å². The first-order valence-corrected chi connectivity index (χ1v) is 5.54. The quantitative estimate of drug-likeness (QED) is 0.740. The number of ether oxygens (including phenoxy) is 2. The molecule has 0 bridgehead atoms. The van der Waals surface area contributed by atoms with Gasteiger partial charge in [-0.05, 0) is 17.9 Å². The molecule has 0 saturated carbocycles. The van der Waals surface area contributed by atoms with E-state index in [1.165, 1.54) is 5.56 Å². The molecule has 0 N–H and O–H groups in total. The van der Waals surface area contributed by atoms with Crippen molar-refractivity contribution in [1.82, 2.24) is 0 Å². The van der Waals surface area contributed by atoms with Crippen LogP contribution >= 0.6 is 0 Å². The van der Waals surface area contributed by atoms with Crippen LogP contribution < -0.4 is 9.47 Å². The van der Waals surface area contributed by atoms with Gasteiger partial charge in [-0.15, -0.1) is 0 Å². The molecule has 1 aromatic carbocycles. The third-order valence-corrected chi connectivity index (χ3v) is 3.18. The molecule has 0 aliphatic carbocycles. The topological polar surface area (TPSA) is 18.5 Å². The summed E-state index contributed by atoms with van der Waals surface area (Å²) >= 11 is 0. The van der Waals surface area contributed by atoms with Crippen molar-refractivity contribution < 1.29 is 9.47 Å². The average molecular weight is 206 g/mol. The Labute approximate surface area is 91.2 Å². The fraction of sp³-hybridized carbons (Fsp3) is 0.538. The first-order chi connectivity index (χ1) is 7.15. The monoisotopic (exact) mass is 206 g/mol. The highest BCUT2D eigenvalue weighted by Gasteiger charge is 2.26. The normalized spacial score (nSPS) is 15.1. The van der Waals surface area contributed by atoms with Gasteiger partial charge in [-0.25, -0.2) is 0 Å². The molecular weight excluding hydrogens is 188 g/mol. The molecule has 0 unspecified atom stereocenters. The second kappa shape index (κ2) is 3.76. The molecule has 1 aromatic rings. The smallest absolute Gasteiger partial charge is 0.165 e. The largest absolute Gasteiger partial charge is 0.486 e. The van der Waals surface area contributed by atoms with E-state index in [0.717, 1.165) is 17.9 Å². The van der Waals surface area contributed by atoms with Crippen LogP contribution in [0.2, 0.25) is 0 Å². The van der Waals surface area contributed by atoms with Gasteiger partial charge >= 0.3 is 0 Å². The van der Waals surface area contributed by atoms with Gasteiger partial charge in [0.15, 0.2) is 11.5 Å². The molecule has 1 heterocycles. The molecular formula is C13H18O2. The fourth-order valence-corrected chi connectivity index (χ4v) is 1.80. The lowest BCUT2D eigenvalue weighted by molar-refractivity contribution is 0.167. The second-order valence-corrected chi connectivity index (χ2v) is 4.57. The van der Waals surface area contributed by atoms with Crippen molar-refractivity contribution in [2.24, 2.45) is 0 Å². The van der Waals surface area contributed by atoms with Crippen molar-refractivity contribution in [2.45, 2.75) is 32.6 Å². The van der Waals surface area contributed by atoms with Crippen molar-refractivity contribution in [3.8, 4) is 11.5 Å². The molecule has 2 nitrogen and oxygen atoms in total. The SMILES string of the molecule is CCC(C)(C)c1cccc2c1OCCO2. The van der Waals surface area contributed by atoms with Crippen molar-refractivity contribution in [2.75, 3.05) is 13.2 Å². The summed E-state index contributed by atoms with van der Waals surface area (Å²) in [5.41, 5.74) is 1.40. The highest BCUT2D eigenvalue weighted by atomic mass is 16.6. The zero-order valence-electron chi connectivity index (χ0n) is 9.67. The van der Waals surface area contributed by atoms with Gasteiger partial charge in [-0.3, -0.25) is 0 Å². The number of para-hydroxylation sites is 1. The Balaban J connectivity index is 2.48. The summed E-state index contributed by atoms with van der Waals surface area (Å²) in [6, 6.07) is 6.15. The third kappa shape index (κ3) is 1.81. The highest BCUT2D eigenvalue weighted by Crippen LogP contribution is 2.41. The van der Waals surface area contributed by atoms with Gasteiger partial charge in [0.1, 0.15) is 13.2 Å². The summed E-state index contributed by atoms with van der Waals surface area (Å²) < 4.78 is 11.3. The molecule has 2 rings (SSSR count). The van der Waals surface area contributed by atoms with E-state index < -0.39 is 0 Å². The molecule has 0 saturated heterocycles. The molecule has 0 spiro atoms. The van der Waals surface area contributed by atoms with Crippen LogP contribution in [0, 0.1) is 0 Å². The molecule has 0 amide bonds. The van der Waals surface area contributed by atoms with Gasteiger partial charge in [0.05, 0.1) is 0 Å². The van der Waals surface area contributed by atoms with Crippen molar-refractivity contribution in [3.05, 3.63) is 23.8 Å². The van der Waals surface area contributed by atoms with Crippen molar-refractivity contribution in [3.63, 3.8) is 0 Å². The molecule has 1 aliphatic heterocycles. The zero-order chi connectivity index (χ0) is 10.9. The van der Waals surface area contributed by atoms with Crippen molar-refractivity contribution >= 4 is 0 Å². The number of hydrogen-bond acceptors (Lipinski definition) is 2. The van der Waals surface area contributed by atoms with Gasteiger partial charge < -0.3 is 9.47 Å².